The van der Waals surface area contributed by atoms with Crippen molar-refractivity contribution in [1.82, 2.24) is 0 Å². The van der Waals surface area contributed by atoms with E-state index in [-0.39, 0.29) is 42.1 Å². The second-order valence-corrected chi connectivity index (χ2v) is 31.6. The van der Waals surface area contributed by atoms with Crippen molar-refractivity contribution >= 4 is 5.97 Å². The highest BCUT2D eigenvalue weighted by Crippen LogP contribution is 2.76. The standard InChI is InChI=1S/C65H106O31/c1-24-36(70)41(75)45(79)54(87-24)93-50-30(21-67)90-53(48(82)44(50)78)86-23-31-40(74)43(77)47(81)56(91-31)96-59(84)65-17-16-60(3,4)18-27(65)26-10-11-33-62(7)14-13-35(61(5,6)32(62)12-15-63(33,8)64(26,9)19-34(65)69)92-58-52(38(72)28(68)22-85-58)95-57-49(83)51(37(71)25(2)88-57)94-55-46(80)42(76)39(73)29(20-66)89-55/h10,24-25,27-58,66-83H,11-23H2,1-9H3/t24-,25-,27+,28-,29+,30+,31+,32?,33+,34+,35-,36-,37-,38-,39+,40+,41+,42-,43-,44+,45+,46+,47+,48+,49+,50+,51+,52+,53+,54-,55-,56-,57-,58-,62-,63+,64+,65+/m0/s1. The Balaban J connectivity index is 0.772. The van der Waals surface area contributed by atoms with Gasteiger partial charge in [-0.3, -0.25) is 4.79 Å². The Bertz CT molecular complexity index is 2710. The highest BCUT2D eigenvalue weighted by atomic mass is 16.8. The van der Waals surface area contributed by atoms with Gasteiger partial charge in [0.25, 0.3) is 0 Å². The lowest BCUT2D eigenvalue weighted by molar-refractivity contribution is -0.382. The van der Waals surface area contributed by atoms with E-state index in [2.05, 4.69) is 54.5 Å². The van der Waals surface area contributed by atoms with Crippen LogP contribution in [0, 0.1) is 50.2 Å². The molecule has 4 saturated carbocycles. The van der Waals surface area contributed by atoms with Crippen molar-refractivity contribution < 1.29 is 154 Å². The van der Waals surface area contributed by atoms with Gasteiger partial charge in [-0.25, -0.2) is 0 Å². The summed E-state index contributed by atoms with van der Waals surface area (Å²) in [6.45, 7) is 15.5. The Labute approximate surface area is 556 Å². The van der Waals surface area contributed by atoms with Crippen LogP contribution in [-0.4, -0.2) is 315 Å². The second kappa shape index (κ2) is 27.9. The predicted molar refractivity (Wildman–Crippen MR) is 321 cm³/mol. The zero-order valence-corrected chi connectivity index (χ0v) is 55.8. The van der Waals surface area contributed by atoms with Gasteiger partial charge in [-0.05, 0) is 116 Å². The molecular formula is C65H106O31. The van der Waals surface area contributed by atoms with E-state index in [0.717, 1.165) is 12.0 Å². The first-order chi connectivity index (χ1) is 44.9. The fourth-order valence-corrected chi connectivity index (χ4v) is 19.1. The van der Waals surface area contributed by atoms with Crippen LogP contribution >= 0.6 is 0 Å². The molecule has 0 radical (unpaired) electrons. The van der Waals surface area contributed by atoms with E-state index in [1.165, 1.54) is 13.8 Å². The molecule has 0 aromatic carbocycles. The van der Waals surface area contributed by atoms with Crippen LogP contribution in [0.15, 0.2) is 11.6 Å². The molecule has 38 atom stereocenters. The maximum atomic E-state index is 15.4. The molecule has 18 N–H and O–H groups in total. The van der Waals surface area contributed by atoms with Crippen molar-refractivity contribution in [1.29, 1.82) is 0 Å². The first-order valence-electron chi connectivity index (χ1n) is 34.1. The largest absolute Gasteiger partial charge is 0.432 e. The SMILES string of the molecule is C[C@@H]1O[C@@H](O[C@H]2[C@H](O)[C@@H](O)[C@H](OC[C@H]3O[C@@H](OC(=O)[C@]45CCC(C)(C)C[C@@H]4C4=CC[C@@H]6[C@@]7(C)CC[C@H](O[C@@H]8OC[C@H](O)[C@H](O)[C@H]8O[C@@H]8O[C@@H](C)[C@H](O)[C@@H](O[C@@H]9O[C@H](CO)[C@@H](O)[C@H](O)[C@H]9O)[C@H]8O)C(C)(C)C7CC[C@@]6(C)[C@]4(C)C[C@H]5O)[C@H](O)[C@@H](O)[C@@H]3O)O[C@@H]2CO)[C@H](O)[C@H](O)[C@H]1O. The molecule has 96 heavy (non-hydrogen) atoms. The number of aliphatic hydroxyl groups is 18. The Morgan fingerprint density at radius 1 is 0.500 bits per heavy atom. The minimum absolute atomic E-state index is 0.0257. The van der Waals surface area contributed by atoms with Crippen LogP contribution in [0.2, 0.25) is 0 Å². The number of rotatable bonds is 15. The van der Waals surface area contributed by atoms with E-state index in [9.17, 15) is 91.9 Å². The Morgan fingerprint density at radius 3 is 1.71 bits per heavy atom. The number of carbonyl (C=O) groups is 1. The topological polar surface area (TPSA) is 492 Å². The van der Waals surface area contributed by atoms with Crippen molar-refractivity contribution in [3.63, 3.8) is 0 Å². The Kier molecular flexibility index (Phi) is 21.9. The van der Waals surface area contributed by atoms with E-state index in [0.29, 0.717) is 38.5 Å². The average molecular weight is 1380 g/mol. The van der Waals surface area contributed by atoms with Crippen LogP contribution in [0.5, 0.6) is 0 Å². The van der Waals surface area contributed by atoms with E-state index >= 15 is 4.79 Å². The molecule has 6 saturated heterocycles. The number of hydrogen-bond donors (Lipinski definition) is 18. The molecule has 11 aliphatic rings. The summed E-state index contributed by atoms with van der Waals surface area (Å²) in [6.07, 6.45) is -42.7. The molecule has 0 amide bonds. The number of esters is 1. The van der Waals surface area contributed by atoms with Crippen molar-refractivity contribution in [2.45, 2.75) is 310 Å². The van der Waals surface area contributed by atoms with Gasteiger partial charge >= 0.3 is 5.97 Å². The number of fused-ring (bicyclic) bond motifs is 7. The summed E-state index contributed by atoms with van der Waals surface area (Å²) in [7, 11) is 0. The zero-order chi connectivity index (χ0) is 70.2. The maximum Gasteiger partial charge on any atom is 0.317 e. The van der Waals surface area contributed by atoms with Gasteiger partial charge in [-0.15, -0.1) is 0 Å². The molecular weight excluding hydrogens is 1280 g/mol. The van der Waals surface area contributed by atoms with Crippen molar-refractivity contribution in [2.75, 3.05) is 26.4 Å². The normalized spacial score (nSPS) is 54.9. The predicted octanol–water partition coefficient (Wildman–Crippen LogP) is -4.72. The molecule has 11 rings (SSSR count). The summed E-state index contributed by atoms with van der Waals surface area (Å²) < 4.78 is 71.3. The summed E-state index contributed by atoms with van der Waals surface area (Å²) in [5.74, 6) is -1.36. The van der Waals surface area contributed by atoms with Gasteiger partial charge in [0.15, 0.2) is 31.5 Å². The fraction of sp³-hybridized carbons (Fsp3) is 0.954. The smallest absolute Gasteiger partial charge is 0.317 e. The van der Waals surface area contributed by atoms with Crippen LogP contribution in [0.4, 0.5) is 0 Å². The third-order valence-corrected chi connectivity index (χ3v) is 25.2. The zero-order valence-electron chi connectivity index (χ0n) is 55.8. The summed E-state index contributed by atoms with van der Waals surface area (Å²) in [5.41, 5.74) is -2.87. The van der Waals surface area contributed by atoms with E-state index < -0.39 is 244 Å². The average Bonchev–Trinajstić information content (AvgIpc) is 0.671. The third-order valence-electron chi connectivity index (χ3n) is 25.2. The Morgan fingerprint density at radius 2 is 1.05 bits per heavy atom. The molecule has 6 aliphatic heterocycles. The highest BCUT2D eigenvalue weighted by molar-refractivity contribution is 5.80. The van der Waals surface area contributed by atoms with Gasteiger partial charge in [0.2, 0.25) is 6.29 Å². The quantitative estimate of drug-likeness (QED) is 0.0416. The van der Waals surface area contributed by atoms with Gasteiger partial charge < -0.3 is 149 Å². The summed E-state index contributed by atoms with van der Waals surface area (Å²) in [5, 5.41) is 197. The van der Waals surface area contributed by atoms with Gasteiger partial charge in [-0.2, -0.15) is 0 Å². The molecule has 31 heteroatoms. The molecule has 1 unspecified atom stereocenters. The monoisotopic (exact) mass is 1380 g/mol. The van der Waals surface area contributed by atoms with E-state index in [1.807, 2.05) is 0 Å². The molecule has 552 valence electrons. The highest BCUT2D eigenvalue weighted by Gasteiger charge is 2.72. The van der Waals surface area contributed by atoms with Gasteiger partial charge in [0.1, 0.15) is 134 Å². The lowest BCUT2D eigenvalue weighted by atomic mass is 9.33. The minimum atomic E-state index is -1.99. The molecule has 0 spiro atoms. The van der Waals surface area contributed by atoms with Gasteiger partial charge in [0, 0.05) is 0 Å². The number of aliphatic hydroxyl groups excluding tert-OH is 18. The maximum absolute atomic E-state index is 15.4. The second-order valence-electron chi connectivity index (χ2n) is 31.6. The van der Waals surface area contributed by atoms with Crippen LogP contribution in [0.1, 0.15) is 120 Å². The van der Waals surface area contributed by atoms with Crippen LogP contribution in [0.3, 0.4) is 0 Å². The van der Waals surface area contributed by atoms with Crippen LogP contribution < -0.4 is 0 Å². The first-order valence-corrected chi connectivity index (χ1v) is 34.1. The van der Waals surface area contributed by atoms with Crippen molar-refractivity contribution in [2.24, 2.45) is 50.2 Å². The minimum Gasteiger partial charge on any atom is -0.432 e. The molecule has 0 aromatic heterocycles. The van der Waals surface area contributed by atoms with E-state index in [4.69, 9.17) is 56.8 Å². The lowest BCUT2D eigenvalue weighted by Gasteiger charge is -2.71. The number of ether oxygens (including phenoxy) is 12. The molecule has 0 aromatic rings. The summed E-state index contributed by atoms with van der Waals surface area (Å²) in [4.78, 5) is 15.4. The number of allylic oxidation sites excluding steroid dienone is 2. The van der Waals surface area contributed by atoms with Crippen molar-refractivity contribution in [3.05, 3.63) is 11.6 Å². The molecule has 0 bridgehead atoms. The fourth-order valence-electron chi connectivity index (χ4n) is 19.1. The summed E-state index contributed by atoms with van der Waals surface area (Å²) in [6, 6.07) is 0. The third kappa shape index (κ3) is 12.7. The summed E-state index contributed by atoms with van der Waals surface area (Å²) >= 11 is 0. The van der Waals surface area contributed by atoms with Gasteiger partial charge in [0.05, 0.1) is 50.8 Å². The molecule has 6 heterocycles. The lowest BCUT2D eigenvalue weighted by Crippen LogP contribution is -2.68. The molecule has 10 fully saturated rings. The number of hydrogen-bond acceptors (Lipinski definition) is 31. The van der Waals surface area contributed by atoms with Crippen LogP contribution in [0.25, 0.3) is 0 Å². The van der Waals surface area contributed by atoms with Crippen molar-refractivity contribution in [3.8, 4) is 0 Å². The van der Waals surface area contributed by atoms with E-state index in [1.54, 1.807) is 0 Å². The van der Waals surface area contributed by atoms with Crippen LogP contribution in [-0.2, 0) is 61.6 Å². The first kappa shape index (κ1) is 75.2. The molecule has 31 nitrogen and oxygen atoms in total. The number of carbonyl (C=O) groups excluding carboxylic acids is 1. The Hall–Kier alpha value is -1.95. The molecule has 5 aliphatic carbocycles. The van der Waals surface area contributed by atoms with Gasteiger partial charge in [-0.1, -0.05) is 60.1 Å².